The number of aryl methyl sites for hydroxylation is 1. The summed E-state index contributed by atoms with van der Waals surface area (Å²) in [6, 6.07) is 6.04. The van der Waals surface area contributed by atoms with Gasteiger partial charge in [0.15, 0.2) is 0 Å². The second kappa shape index (κ2) is 5.96. The molecule has 0 spiro atoms. The van der Waals surface area contributed by atoms with Crippen LogP contribution in [0.5, 0.6) is 0 Å². The van der Waals surface area contributed by atoms with Crippen LogP contribution in [-0.2, 0) is 14.8 Å². The number of sulfonamides is 1. The van der Waals surface area contributed by atoms with E-state index in [2.05, 4.69) is 0 Å². The van der Waals surface area contributed by atoms with Gasteiger partial charge in [-0.1, -0.05) is 18.2 Å². The van der Waals surface area contributed by atoms with E-state index in [1.807, 2.05) is 0 Å². The predicted molar refractivity (Wildman–Crippen MR) is 65.7 cm³/mol. The molecule has 0 amide bonds. The first-order valence-corrected chi connectivity index (χ1v) is 6.84. The summed E-state index contributed by atoms with van der Waals surface area (Å²) < 4.78 is 48.9. The van der Waals surface area contributed by atoms with E-state index in [4.69, 9.17) is 5.11 Å². The summed E-state index contributed by atoms with van der Waals surface area (Å²) in [5, 5.41) is 8.57. The van der Waals surface area contributed by atoms with Gasteiger partial charge in [0, 0.05) is 6.54 Å². The molecule has 0 aliphatic heterocycles. The average molecular weight is 293 g/mol. The van der Waals surface area contributed by atoms with Crippen LogP contribution in [0.4, 0.5) is 14.5 Å². The average Bonchev–Trinajstić information content (AvgIpc) is 2.30. The van der Waals surface area contributed by atoms with Crippen LogP contribution in [0, 0.1) is 6.92 Å². The predicted octanol–water partition coefficient (Wildman–Crippen LogP) is 1.83. The minimum atomic E-state index is -4.87. The molecule has 0 fully saturated rings. The van der Waals surface area contributed by atoms with E-state index in [1.165, 1.54) is 12.1 Å². The molecule has 0 unspecified atom stereocenters. The van der Waals surface area contributed by atoms with Gasteiger partial charge in [0.05, 0.1) is 12.1 Å². The molecule has 0 aliphatic carbocycles. The van der Waals surface area contributed by atoms with Crippen molar-refractivity contribution in [3.05, 3.63) is 29.8 Å². The molecule has 1 aromatic carbocycles. The maximum atomic E-state index is 12.6. The number of rotatable bonds is 6. The summed E-state index contributed by atoms with van der Waals surface area (Å²) in [5.41, 5.74) is 0.529. The highest BCUT2D eigenvalue weighted by atomic mass is 32.2. The van der Waals surface area contributed by atoms with Crippen LogP contribution in [0.3, 0.4) is 0 Å². The number of carbonyl (C=O) groups is 1. The normalized spacial score (nSPS) is 11.6. The third-order valence-corrected chi connectivity index (χ3v) is 3.89. The Bertz CT molecular complexity index is 560. The quantitative estimate of drug-likeness (QED) is 0.868. The van der Waals surface area contributed by atoms with E-state index in [9.17, 15) is 22.0 Å². The topological polar surface area (TPSA) is 74.7 Å². The molecule has 19 heavy (non-hydrogen) atoms. The van der Waals surface area contributed by atoms with Gasteiger partial charge in [0.25, 0.3) is 10.0 Å². The number of para-hydroxylation sites is 1. The lowest BCUT2D eigenvalue weighted by molar-refractivity contribution is -0.136. The third kappa shape index (κ3) is 3.63. The molecule has 0 aromatic heterocycles. The molecule has 0 bridgehead atoms. The minimum absolute atomic E-state index is 0.0593. The van der Waals surface area contributed by atoms with Crippen LogP contribution in [-0.4, -0.2) is 31.8 Å². The second-order valence-electron chi connectivity index (χ2n) is 3.81. The Hall–Kier alpha value is -1.70. The molecule has 5 nitrogen and oxygen atoms in total. The van der Waals surface area contributed by atoms with Crippen LogP contribution in [0.1, 0.15) is 12.0 Å². The van der Waals surface area contributed by atoms with Gasteiger partial charge in [0.1, 0.15) is 0 Å². The molecule has 0 saturated heterocycles. The zero-order chi connectivity index (χ0) is 14.6. The molecule has 1 N–H and O–H groups in total. The van der Waals surface area contributed by atoms with Gasteiger partial charge < -0.3 is 5.11 Å². The first-order valence-electron chi connectivity index (χ1n) is 5.34. The second-order valence-corrected chi connectivity index (χ2v) is 5.64. The van der Waals surface area contributed by atoms with E-state index >= 15 is 0 Å². The molecular formula is C11H13F2NO4S. The van der Waals surface area contributed by atoms with Crippen molar-refractivity contribution in [3.63, 3.8) is 0 Å². The van der Waals surface area contributed by atoms with Crippen LogP contribution in [0.25, 0.3) is 0 Å². The van der Waals surface area contributed by atoms with Crippen molar-refractivity contribution in [2.75, 3.05) is 10.8 Å². The molecule has 1 aromatic rings. The van der Waals surface area contributed by atoms with Crippen molar-refractivity contribution in [1.29, 1.82) is 0 Å². The Morgan fingerprint density at radius 2 is 1.95 bits per heavy atom. The lowest BCUT2D eigenvalue weighted by Crippen LogP contribution is -2.37. The van der Waals surface area contributed by atoms with E-state index in [1.54, 1.807) is 19.1 Å². The summed E-state index contributed by atoms with van der Waals surface area (Å²) in [7, 11) is -4.87. The standard InChI is InChI=1S/C11H13F2NO4S/c1-8-4-2-3-5-9(8)14(7-6-10(15)16)19(17,18)11(12)13/h2-5,11H,6-7H2,1H3,(H,15,16). The highest BCUT2D eigenvalue weighted by molar-refractivity contribution is 7.93. The van der Waals surface area contributed by atoms with Gasteiger partial charge in [-0.25, -0.2) is 8.42 Å². The van der Waals surface area contributed by atoms with Crippen molar-refractivity contribution in [3.8, 4) is 0 Å². The fourth-order valence-corrected chi connectivity index (χ4v) is 2.54. The maximum Gasteiger partial charge on any atom is 0.355 e. The number of anilines is 1. The van der Waals surface area contributed by atoms with Crippen molar-refractivity contribution < 1.29 is 27.1 Å². The van der Waals surface area contributed by atoms with Gasteiger partial charge in [0.2, 0.25) is 0 Å². The monoisotopic (exact) mass is 293 g/mol. The number of hydrogen-bond acceptors (Lipinski definition) is 3. The number of carboxylic acid groups (broad SMARTS) is 1. The fourth-order valence-electron chi connectivity index (χ4n) is 1.52. The Balaban J connectivity index is 3.21. The molecule has 0 aliphatic rings. The van der Waals surface area contributed by atoms with Gasteiger partial charge >= 0.3 is 11.7 Å². The van der Waals surface area contributed by atoms with Gasteiger partial charge in [-0.3, -0.25) is 9.10 Å². The molecule has 1 rings (SSSR count). The maximum absolute atomic E-state index is 12.6. The first kappa shape index (κ1) is 15.4. The third-order valence-electron chi connectivity index (χ3n) is 2.45. The molecule has 0 saturated carbocycles. The number of nitrogens with zero attached hydrogens (tertiary/aromatic N) is 1. The Morgan fingerprint density at radius 3 is 2.42 bits per heavy atom. The molecule has 8 heteroatoms. The minimum Gasteiger partial charge on any atom is -0.481 e. The zero-order valence-electron chi connectivity index (χ0n) is 10.1. The van der Waals surface area contributed by atoms with Gasteiger partial charge in [-0.2, -0.15) is 8.78 Å². The molecule has 0 atom stereocenters. The Labute approximate surface area is 109 Å². The number of aliphatic carboxylic acids is 1. The zero-order valence-corrected chi connectivity index (χ0v) is 10.9. The number of carboxylic acids is 1. The number of benzene rings is 1. The van der Waals surface area contributed by atoms with Crippen LogP contribution >= 0.6 is 0 Å². The smallest absolute Gasteiger partial charge is 0.355 e. The summed E-state index contributed by atoms with van der Waals surface area (Å²) in [4.78, 5) is 10.5. The van der Waals surface area contributed by atoms with E-state index < -0.39 is 34.7 Å². The largest absolute Gasteiger partial charge is 0.481 e. The van der Waals surface area contributed by atoms with Crippen LogP contribution < -0.4 is 4.31 Å². The van der Waals surface area contributed by atoms with Crippen molar-refractivity contribution >= 4 is 21.7 Å². The molecule has 0 heterocycles. The lowest BCUT2D eigenvalue weighted by Gasteiger charge is -2.24. The summed E-state index contributed by atoms with van der Waals surface area (Å²) in [5.74, 6) is -4.86. The van der Waals surface area contributed by atoms with Gasteiger partial charge in [-0.15, -0.1) is 0 Å². The Morgan fingerprint density at radius 1 is 1.37 bits per heavy atom. The molecule has 0 radical (unpaired) electrons. The van der Waals surface area contributed by atoms with Crippen molar-refractivity contribution in [2.24, 2.45) is 0 Å². The number of halogens is 2. The summed E-state index contributed by atoms with van der Waals surface area (Å²) in [6.45, 7) is 1.02. The highest BCUT2D eigenvalue weighted by Gasteiger charge is 2.33. The van der Waals surface area contributed by atoms with E-state index in [0.717, 1.165) is 0 Å². The molecule has 106 valence electrons. The fraction of sp³-hybridized carbons (Fsp3) is 0.364. The Kier molecular flexibility index (Phi) is 4.82. The van der Waals surface area contributed by atoms with Crippen molar-refractivity contribution in [2.45, 2.75) is 19.1 Å². The highest BCUT2D eigenvalue weighted by Crippen LogP contribution is 2.25. The van der Waals surface area contributed by atoms with Gasteiger partial charge in [-0.05, 0) is 18.6 Å². The van der Waals surface area contributed by atoms with E-state index in [0.29, 0.717) is 9.87 Å². The number of hydrogen-bond donors (Lipinski definition) is 1. The van der Waals surface area contributed by atoms with E-state index in [-0.39, 0.29) is 5.69 Å². The number of alkyl halides is 2. The summed E-state index contributed by atoms with van der Waals surface area (Å²) in [6.07, 6.45) is -0.555. The first-order chi connectivity index (χ1) is 8.76. The van der Waals surface area contributed by atoms with Crippen molar-refractivity contribution in [1.82, 2.24) is 0 Å². The SMILES string of the molecule is Cc1ccccc1N(CCC(=O)O)S(=O)(=O)C(F)F. The molecular weight excluding hydrogens is 280 g/mol. The summed E-state index contributed by atoms with van der Waals surface area (Å²) >= 11 is 0. The van der Waals surface area contributed by atoms with Crippen LogP contribution in [0.2, 0.25) is 0 Å². The van der Waals surface area contributed by atoms with Crippen LogP contribution in [0.15, 0.2) is 24.3 Å². The lowest BCUT2D eigenvalue weighted by atomic mass is 10.2.